The monoisotopic (exact) mass is 117 g/mol. The Morgan fingerprint density at radius 2 is 2.25 bits per heavy atom. The van der Waals surface area contributed by atoms with E-state index >= 15 is 0 Å². The average Bonchev–Trinajstić information content (AvgIpc) is 1.65. The molecule has 0 heterocycles. The molecule has 3 nitrogen and oxygen atoms in total. The van der Waals surface area contributed by atoms with E-state index in [0.29, 0.717) is 12.1 Å². The van der Waals surface area contributed by atoms with E-state index in [1.807, 2.05) is 0 Å². The molecule has 0 radical (unpaired) electrons. The molecule has 1 atom stereocenters. The Bertz CT molecular complexity index is 88.4. The van der Waals surface area contributed by atoms with E-state index in [1.54, 1.807) is 13.8 Å². The van der Waals surface area contributed by atoms with Crippen LogP contribution in [0.25, 0.3) is 0 Å². The SMILES string of the molecule is C/C(CC(C)O)=N\O. The first-order chi connectivity index (χ1) is 3.66. The van der Waals surface area contributed by atoms with E-state index in [2.05, 4.69) is 5.16 Å². The second-order valence-electron chi connectivity index (χ2n) is 1.89. The van der Waals surface area contributed by atoms with E-state index in [9.17, 15) is 0 Å². The summed E-state index contributed by atoms with van der Waals surface area (Å²) in [4.78, 5) is 0. The Hall–Kier alpha value is -0.570. The Morgan fingerprint density at radius 1 is 1.75 bits per heavy atom. The van der Waals surface area contributed by atoms with Crippen molar-refractivity contribution in [1.29, 1.82) is 0 Å². The number of hydrogen-bond donors (Lipinski definition) is 2. The van der Waals surface area contributed by atoms with Crippen LogP contribution in [0.5, 0.6) is 0 Å². The van der Waals surface area contributed by atoms with Gasteiger partial charge in [-0.1, -0.05) is 5.16 Å². The molecule has 0 spiro atoms. The lowest BCUT2D eigenvalue weighted by Crippen LogP contribution is -2.05. The van der Waals surface area contributed by atoms with E-state index in [-0.39, 0.29) is 0 Å². The van der Waals surface area contributed by atoms with Gasteiger partial charge in [0.15, 0.2) is 0 Å². The first-order valence-corrected chi connectivity index (χ1v) is 2.52. The average molecular weight is 117 g/mol. The third kappa shape index (κ3) is 3.61. The molecule has 0 aromatic carbocycles. The van der Waals surface area contributed by atoms with Gasteiger partial charge in [0.2, 0.25) is 0 Å². The molecule has 0 amide bonds. The van der Waals surface area contributed by atoms with Gasteiger partial charge in [-0.05, 0) is 13.8 Å². The molecule has 0 fully saturated rings. The molecule has 1 unspecified atom stereocenters. The Morgan fingerprint density at radius 3 is 2.38 bits per heavy atom. The molecule has 2 N–H and O–H groups in total. The van der Waals surface area contributed by atoms with Gasteiger partial charge in [0.25, 0.3) is 0 Å². The maximum atomic E-state index is 8.66. The van der Waals surface area contributed by atoms with Crippen molar-refractivity contribution in [2.45, 2.75) is 26.4 Å². The van der Waals surface area contributed by atoms with Gasteiger partial charge in [0.05, 0.1) is 11.8 Å². The van der Waals surface area contributed by atoms with Gasteiger partial charge in [0, 0.05) is 6.42 Å². The number of hydrogen-bond acceptors (Lipinski definition) is 3. The highest BCUT2D eigenvalue weighted by molar-refractivity contribution is 5.81. The van der Waals surface area contributed by atoms with Gasteiger partial charge in [-0.2, -0.15) is 0 Å². The molecule has 0 rings (SSSR count). The summed E-state index contributed by atoms with van der Waals surface area (Å²) in [6.45, 7) is 3.31. The molecule has 0 bridgehead atoms. The summed E-state index contributed by atoms with van der Waals surface area (Å²) < 4.78 is 0. The predicted octanol–water partition coefficient (Wildman–Crippen LogP) is 0.607. The molecule has 0 aliphatic heterocycles. The maximum Gasteiger partial charge on any atom is 0.0565 e. The van der Waals surface area contributed by atoms with Crippen LogP contribution in [0.4, 0.5) is 0 Å². The molecular weight excluding hydrogens is 106 g/mol. The molecule has 0 saturated heterocycles. The Kier molecular flexibility index (Phi) is 3.19. The van der Waals surface area contributed by atoms with Crippen LogP contribution < -0.4 is 0 Å². The van der Waals surface area contributed by atoms with Crippen LogP contribution in [0.1, 0.15) is 20.3 Å². The Labute approximate surface area is 48.6 Å². The van der Waals surface area contributed by atoms with Crippen molar-refractivity contribution < 1.29 is 10.3 Å². The largest absolute Gasteiger partial charge is 0.411 e. The van der Waals surface area contributed by atoms with Crippen LogP contribution in [0.3, 0.4) is 0 Å². The van der Waals surface area contributed by atoms with Crippen LogP contribution in [-0.2, 0) is 0 Å². The third-order valence-corrected chi connectivity index (χ3v) is 0.762. The molecule has 8 heavy (non-hydrogen) atoms. The van der Waals surface area contributed by atoms with Crippen LogP contribution >= 0.6 is 0 Å². The van der Waals surface area contributed by atoms with Crippen molar-refractivity contribution >= 4 is 5.71 Å². The Balaban J connectivity index is 3.39. The first-order valence-electron chi connectivity index (χ1n) is 2.52. The lowest BCUT2D eigenvalue weighted by molar-refractivity contribution is 0.201. The molecule has 0 aliphatic rings. The van der Waals surface area contributed by atoms with Crippen LogP contribution in [0, 0.1) is 0 Å². The van der Waals surface area contributed by atoms with Gasteiger partial charge < -0.3 is 10.3 Å². The topological polar surface area (TPSA) is 52.8 Å². The number of aliphatic hydroxyl groups excluding tert-OH is 1. The second kappa shape index (κ2) is 3.43. The minimum absolute atomic E-state index is 0.411. The summed E-state index contributed by atoms with van der Waals surface area (Å²) in [5.74, 6) is 0. The second-order valence-corrected chi connectivity index (χ2v) is 1.89. The smallest absolute Gasteiger partial charge is 0.0565 e. The summed E-state index contributed by atoms with van der Waals surface area (Å²) in [5, 5.41) is 19.6. The number of nitrogens with zero attached hydrogens (tertiary/aromatic N) is 1. The van der Waals surface area contributed by atoms with Gasteiger partial charge in [-0.25, -0.2) is 0 Å². The van der Waals surface area contributed by atoms with Gasteiger partial charge in [0.1, 0.15) is 0 Å². The molecule has 0 aromatic heterocycles. The highest BCUT2D eigenvalue weighted by Gasteiger charge is 1.96. The van der Waals surface area contributed by atoms with Gasteiger partial charge >= 0.3 is 0 Å². The summed E-state index contributed by atoms with van der Waals surface area (Å²) in [5.41, 5.74) is 0.556. The van der Waals surface area contributed by atoms with Gasteiger partial charge in [-0.3, -0.25) is 0 Å². The maximum absolute atomic E-state index is 8.66. The molecule has 0 aliphatic carbocycles. The van der Waals surface area contributed by atoms with Crippen molar-refractivity contribution in [1.82, 2.24) is 0 Å². The predicted molar refractivity (Wildman–Crippen MR) is 31.2 cm³/mol. The van der Waals surface area contributed by atoms with E-state index in [4.69, 9.17) is 10.3 Å². The van der Waals surface area contributed by atoms with Gasteiger partial charge in [-0.15, -0.1) is 0 Å². The van der Waals surface area contributed by atoms with Crippen LogP contribution in [-0.4, -0.2) is 22.1 Å². The van der Waals surface area contributed by atoms with E-state index in [1.165, 1.54) is 0 Å². The number of oxime groups is 1. The molecule has 3 heteroatoms. The summed E-state index contributed by atoms with van der Waals surface area (Å²) >= 11 is 0. The fourth-order valence-electron chi connectivity index (χ4n) is 0.468. The number of rotatable bonds is 2. The van der Waals surface area contributed by atoms with Crippen molar-refractivity contribution in [3.8, 4) is 0 Å². The van der Waals surface area contributed by atoms with Crippen LogP contribution in [0.15, 0.2) is 5.16 Å². The highest BCUT2D eigenvalue weighted by atomic mass is 16.4. The fraction of sp³-hybridized carbons (Fsp3) is 0.800. The summed E-state index contributed by atoms with van der Waals surface area (Å²) in [7, 11) is 0. The summed E-state index contributed by atoms with van der Waals surface area (Å²) in [6, 6.07) is 0. The molecule has 48 valence electrons. The minimum Gasteiger partial charge on any atom is -0.411 e. The zero-order valence-electron chi connectivity index (χ0n) is 5.13. The van der Waals surface area contributed by atoms with Crippen molar-refractivity contribution in [3.05, 3.63) is 0 Å². The minimum atomic E-state index is -0.411. The van der Waals surface area contributed by atoms with E-state index in [0.717, 1.165) is 0 Å². The zero-order chi connectivity index (χ0) is 6.57. The molecular formula is C5H11NO2. The normalized spacial score (nSPS) is 16.1. The lowest BCUT2D eigenvalue weighted by Gasteiger charge is -1.98. The van der Waals surface area contributed by atoms with E-state index < -0.39 is 6.10 Å². The summed E-state index contributed by atoms with van der Waals surface area (Å²) in [6.07, 6.45) is 0.0298. The fourth-order valence-corrected chi connectivity index (χ4v) is 0.468. The highest BCUT2D eigenvalue weighted by Crippen LogP contribution is 1.90. The molecule has 0 aromatic rings. The number of aliphatic hydroxyl groups is 1. The first kappa shape index (κ1) is 7.43. The van der Waals surface area contributed by atoms with Crippen LogP contribution in [0.2, 0.25) is 0 Å². The zero-order valence-corrected chi connectivity index (χ0v) is 5.13. The van der Waals surface area contributed by atoms with Crippen molar-refractivity contribution in [2.24, 2.45) is 5.16 Å². The van der Waals surface area contributed by atoms with Crippen molar-refractivity contribution in [2.75, 3.05) is 0 Å². The van der Waals surface area contributed by atoms with Crippen molar-refractivity contribution in [3.63, 3.8) is 0 Å². The standard InChI is InChI=1S/C5H11NO2/c1-4(6-8)3-5(2)7/h5,7-8H,3H2,1-2H3/b6-4+. The third-order valence-electron chi connectivity index (χ3n) is 0.762. The quantitative estimate of drug-likeness (QED) is 0.316. The lowest BCUT2D eigenvalue weighted by atomic mass is 10.2. The molecule has 0 saturated carbocycles.